The highest BCUT2D eigenvalue weighted by Crippen LogP contribution is 2.18. The van der Waals surface area contributed by atoms with Gasteiger partial charge in [0, 0.05) is 37.5 Å². The van der Waals surface area contributed by atoms with Gasteiger partial charge < -0.3 is 24.7 Å². The fourth-order valence-electron chi connectivity index (χ4n) is 3.21. The van der Waals surface area contributed by atoms with Crippen LogP contribution in [-0.4, -0.2) is 49.4 Å². The van der Waals surface area contributed by atoms with Gasteiger partial charge in [-0.1, -0.05) is 6.07 Å². The average Bonchev–Trinajstić information content (AvgIpc) is 3.30. The van der Waals surface area contributed by atoms with E-state index < -0.39 is 11.8 Å². The number of anilines is 1. The van der Waals surface area contributed by atoms with E-state index in [1.807, 2.05) is 0 Å². The SMILES string of the molecule is COc1cccc(NC(=O)C(=O)NCC2CCN(C(=O)/C=C/c3ccco3)CC2)c1. The maximum atomic E-state index is 12.2. The van der Waals surface area contributed by atoms with Crippen molar-refractivity contribution in [3.8, 4) is 5.75 Å². The summed E-state index contributed by atoms with van der Waals surface area (Å²) in [6.45, 7) is 1.62. The number of piperidine rings is 1. The number of nitrogens with one attached hydrogen (secondary N) is 2. The number of ether oxygens (including phenoxy) is 1. The van der Waals surface area contributed by atoms with Crippen molar-refractivity contribution in [2.45, 2.75) is 12.8 Å². The smallest absolute Gasteiger partial charge is 0.313 e. The van der Waals surface area contributed by atoms with Crippen LogP contribution >= 0.6 is 0 Å². The molecule has 1 aromatic carbocycles. The van der Waals surface area contributed by atoms with Gasteiger partial charge in [0.25, 0.3) is 0 Å². The summed E-state index contributed by atoms with van der Waals surface area (Å²) in [5, 5.41) is 5.23. The van der Waals surface area contributed by atoms with Crippen molar-refractivity contribution >= 4 is 29.5 Å². The molecule has 1 fully saturated rings. The lowest BCUT2D eigenvalue weighted by Gasteiger charge is -2.31. The fourth-order valence-corrected chi connectivity index (χ4v) is 3.21. The molecule has 1 saturated heterocycles. The van der Waals surface area contributed by atoms with Gasteiger partial charge in [-0.2, -0.15) is 0 Å². The van der Waals surface area contributed by atoms with Gasteiger partial charge in [-0.25, -0.2) is 0 Å². The summed E-state index contributed by atoms with van der Waals surface area (Å²) in [5.74, 6) is -0.0263. The number of benzene rings is 1. The Kier molecular flexibility index (Phi) is 7.26. The molecule has 3 rings (SSSR count). The highest BCUT2D eigenvalue weighted by Gasteiger charge is 2.23. The summed E-state index contributed by atoms with van der Waals surface area (Å²) in [4.78, 5) is 38.2. The first-order valence-corrected chi connectivity index (χ1v) is 9.79. The van der Waals surface area contributed by atoms with Crippen LogP contribution in [0.5, 0.6) is 5.75 Å². The molecule has 8 nitrogen and oxygen atoms in total. The number of methoxy groups -OCH3 is 1. The molecule has 158 valence electrons. The molecule has 2 aromatic rings. The van der Waals surface area contributed by atoms with Crippen molar-refractivity contribution in [3.05, 3.63) is 54.5 Å². The number of hydrogen-bond donors (Lipinski definition) is 2. The number of hydrogen-bond acceptors (Lipinski definition) is 5. The third-order valence-corrected chi connectivity index (χ3v) is 4.94. The van der Waals surface area contributed by atoms with Gasteiger partial charge in [0.05, 0.1) is 13.4 Å². The van der Waals surface area contributed by atoms with E-state index in [9.17, 15) is 14.4 Å². The summed E-state index contributed by atoms with van der Waals surface area (Å²) < 4.78 is 10.3. The predicted octanol–water partition coefficient (Wildman–Crippen LogP) is 2.29. The monoisotopic (exact) mass is 411 g/mol. The minimum atomic E-state index is -0.723. The van der Waals surface area contributed by atoms with E-state index in [4.69, 9.17) is 9.15 Å². The number of rotatable bonds is 6. The first-order chi connectivity index (χ1) is 14.5. The molecular formula is C22H25N3O5. The summed E-state index contributed by atoms with van der Waals surface area (Å²) in [6, 6.07) is 10.3. The summed E-state index contributed by atoms with van der Waals surface area (Å²) in [6.07, 6.45) is 6.23. The molecule has 0 bridgehead atoms. The number of likely N-dealkylation sites (tertiary alicyclic amines) is 1. The first-order valence-electron chi connectivity index (χ1n) is 9.79. The first kappa shape index (κ1) is 21.2. The van der Waals surface area contributed by atoms with Gasteiger partial charge in [0.2, 0.25) is 5.91 Å². The molecule has 0 saturated carbocycles. The normalized spacial score (nSPS) is 14.5. The molecule has 2 heterocycles. The van der Waals surface area contributed by atoms with Crippen molar-refractivity contribution in [3.63, 3.8) is 0 Å². The Bertz CT molecular complexity index is 899. The van der Waals surface area contributed by atoms with E-state index in [0.717, 1.165) is 12.8 Å². The summed E-state index contributed by atoms with van der Waals surface area (Å²) >= 11 is 0. The molecule has 0 radical (unpaired) electrons. The Morgan fingerprint density at radius 2 is 1.97 bits per heavy atom. The molecule has 30 heavy (non-hydrogen) atoms. The molecule has 0 spiro atoms. The van der Waals surface area contributed by atoms with Crippen LogP contribution in [0.2, 0.25) is 0 Å². The molecular weight excluding hydrogens is 386 g/mol. The van der Waals surface area contributed by atoms with Crippen LogP contribution in [0.15, 0.2) is 53.2 Å². The predicted molar refractivity (Wildman–Crippen MR) is 112 cm³/mol. The van der Waals surface area contributed by atoms with Gasteiger partial charge in [-0.05, 0) is 49.1 Å². The molecule has 0 unspecified atom stereocenters. The summed E-state index contributed by atoms with van der Waals surface area (Å²) in [5.41, 5.74) is 0.490. The Morgan fingerprint density at radius 1 is 1.17 bits per heavy atom. The van der Waals surface area contributed by atoms with E-state index in [1.165, 1.54) is 13.2 Å². The van der Waals surface area contributed by atoms with Crippen molar-refractivity contribution in [1.29, 1.82) is 0 Å². The molecule has 0 atom stereocenters. The lowest BCUT2D eigenvalue weighted by atomic mass is 9.96. The molecule has 1 aliphatic heterocycles. The Morgan fingerprint density at radius 3 is 2.67 bits per heavy atom. The topological polar surface area (TPSA) is 101 Å². The van der Waals surface area contributed by atoms with Gasteiger partial charge in [-0.3, -0.25) is 14.4 Å². The lowest BCUT2D eigenvalue weighted by Crippen LogP contribution is -2.43. The number of amides is 3. The van der Waals surface area contributed by atoms with E-state index in [1.54, 1.807) is 53.6 Å². The van der Waals surface area contributed by atoms with Crippen LogP contribution in [-0.2, 0) is 14.4 Å². The number of nitrogens with zero attached hydrogens (tertiary/aromatic N) is 1. The van der Waals surface area contributed by atoms with Gasteiger partial charge >= 0.3 is 11.8 Å². The average molecular weight is 411 g/mol. The van der Waals surface area contributed by atoms with Crippen LogP contribution in [0.25, 0.3) is 6.08 Å². The van der Waals surface area contributed by atoms with Crippen LogP contribution in [0.3, 0.4) is 0 Å². The summed E-state index contributed by atoms with van der Waals surface area (Å²) in [7, 11) is 1.53. The molecule has 1 aliphatic rings. The molecule has 2 N–H and O–H groups in total. The molecule has 3 amide bonds. The van der Waals surface area contributed by atoms with E-state index >= 15 is 0 Å². The van der Waals surface area contributed by atoms with E-state index in [2.05, 4.69) is 10.6 Å². The van der Waals surface area contributed by atoms with Crippen LogP contribution in [0.1, 0.15) is 18.6 Å². The Hall–Kier alpha value is -3.55. The number of carbonyl (C=O) groups is 3. The molecule has 1 aromatic heterocycles. The Balaban J connectivity index is 1.39. The van der Waals surface area contributed by atoms with Crippen molar-refractivity contribution in [2.75, 3.05) is 32.1 Å². The fraction of sp³-hybridized carbons (Fsp3) is 0.318. The minimum absolute atomic E-state index is 0.0634. The van der Waals surface area contributed by atoms with Crippen LogP contribution in [0.4, 0.5) is 5.69 Å². The Labute approximate surface area is 174 Å². The van der Waals surface area contributed by atoms with Gasteiger partial charge in [0.1, 0.15) is 11.5 Å². The minimum Gasteiger partial charge on any atom is -0.497 e. The van der Waals surface area contributed by atoms with Gasteiger partial charge in [-0.15, -0.1) is 0 Å². The largest absolute Gasteiger partial charge is 0.497 e. The van der Waals surface area contributed by atoms with Gasteiger partial charge in [0.15, 0.2) is 0 Å². The third-order valence-electron chi connectivity index (χ3n) is 4.94. The maximum Gasteiger partial charge on any atom is 0.313 e. The van der Waals surface area contributed by atoms with E-state index in [-0.39, 0.29) is 11.8 Å². The highest BCUT2D eigenvalue weighted by atomic mass is 16.5. The molecule has 8 heteroatoms. The van der Waals surface area contributed by atoms with Crippen molar-refractivity contribution in [1.82, 2.24) is 10.2 Å². The van der Waals surface area contributed by atoms with Crippen molar-refractivity contribution in [2.24, 2.45) is 5.92 Å². The second-order valence-electron chi connectivity index (χ2n) is 7.01. The van der Waals surface area contributed by atoms with Crippen LogP contribution < -0.4 is 15.4 Å². The zero-order valence-corrected chi connectivity index (χ0v) is 16.8. The molecule has 0 aliphatic carbocycles. The van der Waals surface area contributed by atoms with E-state index in [0.29, 0.717) is 36.8 Å². The zero-order chi connectivity index (χ0) is 21.3. The second-order valence-corrected chi connectivity index (χ2v) is 7.01. The zero-order valence-electron chi connectivity index (χ0n) is 16.8. The number of furan rings is 1. The van der Waals surface area contributed by atoms with Crippen molar-refractivity contribution < 1.29 is 23.5 Å². The lowest BCUT2D eigenvalue weighted by molar-refractivity contribution is -0.136. The third kappa shape index (κ3) is 5.97. The van der Waals surface area contributed by atoms with Crippen LogP contribution in [0, 0.1) is 5.92 Å². The highest BCUT2D eigenvalue weighted by molar-refractivity contribution is 6.39. The maximum absolute atomic E-state index is 12.2. The number of carbonyl (C=O) groups excluding carboxylic acids is 3. The standard InChI is InChI=1S/C22H25N3O5/c1-29-19-5-2-4-17(14-19)24-22(28)21(27)23-15-16-9-11-25(12-10-16)20(26)8-7-18-6-3-13-30-18/h2-8,13-14,16H,9-12,15H2,1H3,(H,23,27)(H,24,28)/b8-7+. The second kappa shape index (κ2) is 10.3. The quantitative estimate of drug-likeness (QED) is 0.561.